The molecule has 0 saturated carbocycles. The number of nitrogens with zero attached hydrogens (tertiary/aromatic N) is 3. The van der Waals surface area contributed by atoms with Gasteiger partial charge in [0.15, 0.2) is 4.80 Å². The van der Waals surface area contributed by atoms with Gasteiger partial charge in [0.05, 0.1) is 36.1 Å². The van der Waals surface area contributed by atoms with Crippen LogP contribution in [-0.2, 0) is 9.53 Å². The van der Waals surface area contributed by atoms with E-state index in [1.54, 1.807) is 45.6 Å². The van der Waals surface area contributed by atoms with Crippen molar-refractivity contribution in [2.45, 2.75) is 46.8 Å². The number of fused-ring (bicyclic) bond motifs is 1. The molecule has 1 aliphatic heterocycles. The third-order valence-corrected chi connectivity index (χ3v) is 8.18. The predicted molar refractivity (Wildman–Crippen MR) is 162 cm³/mol. The van der Waals surface area contributed by atoms with Crippen molar-refractivity contribution in [2.24, 2.45) is 4.99 Å². The summed E-state index contributed by atoms with van der Waals surface area (Å²) < 4.78 is 19.8. The molecule has 1 aromatic heterocycles. The van der Waals surface area contributed by atoms with Crippen molar-refractivity contribution in [1.82, 2.24) is 4.57 Å². The molecule has 212 valence electrons. The summed E-state index contributed by atoms with van der Waals surface area (Å²) in [5.74, 6) is 0.685. The van der Waals surface area contributed by atoms with Gasteiger partial charge in [-0.1, -0.05) is 27.3 Å². The van der Waals surface area contributed by atoms with Crippen molar-refractivity contribution in [3.63, 3.8) is 0 Å². The van der Waals surface area contributed by atoms with Crippen LogP contribution in [-0.4, -0.2) is 43.9 Å². The Labute approximate surface area is 246 Å². The lowest BCUT2D eigenvalue weighted by Crippen LogP contribution is -2.40. The van der Waals surface area contributed by atoms with Gasteiger partial charge in [-0.2, -0.15) is 0 Å². The Hall–Kier alpha value is -3.37. The molecule has 40 heavy (non-hydrogen) atoms. The van der Waals surface area contributed by atoms with E-state index in [0.29, 0.717) is 37.7 Å². The Balaban J connectivity index is 1.95. The van der Waals surface area contributed by atoms with Gasteiger partial charge in [0, 0.05) is 40.4 Å². The maximum Gasteiger partial charge on any atom is 0.338 e. The molecule has 0 unspecified atom stereocenters. The molecule has 1 aliphatic rings. The highest BCUT2D eigenvalue weighted by atomic mass is 79.9. The van der Waals surface area contributed by atoms with Crippen LogP contribution in [0.4, 0.5) is 5.69 Å². The quantitative estimate of drug-likeness (QED) is 0.317. The van der Waals surface area contributed by atoms with E-state index < -0.39 is 12.0 Å². The molecular weight excluding hydrogens is 594 g/mol. The molecular formula is C30H34BrN3O5S. The van der Waals surface area contributed by atoms with Crippen LogP contribution >= 0.6 is 27.3 Å². The molecule has 4 rings (SSSR count). The summed E-state index contributed by atoms with van der Waals surface area (Å²) in [4.78, 5) is 34.8. The predicted octanol–water partition coefficient (Wildman–Crippen LogP) is 4.81. The number of methoxy groups -OCH3 is 2. The number of hydrogen-bond donors (Lipinski definition) is 0. The van der Waals surface area contributed by atoms with Gasteiger partial charge in [-0.3, -0.25) is 9.36 Å². The number of halogens is 1. The molecule has 0 fully saturated rings. The summed E-state index contributed by atoms with van der Waals surface area (Å²) >= 11 is 4.80. The van der Waals surface area contributed by atoms with Crippen LogP contribution in [0.1, 0.15) is 51.8 Å². The number of carbonyl (C=O) groups is 1. The van der Waals surface area contributed by atoms with Crippen molar-refractivity contribution in [3.8, 4) is 11.5 Å². The molecule has 0 saturated heterocycles. The Morgan fingerprint density at radius 1 is 1.12 bits per heavy atom. The smallest absolute Gasteiger partial charge is 0.338 e. The van der Waals surface area contributed by atoms with Crippen LogP contribution in [0.3, 0.4) is 0 Å². The number of rotatable bonds is 9. The Bertz CT molecular complexity index is 1640. The zero-order valence-electron chi connectivity index (χ0n) is 23.8. The molecule has 8 nitrogen and oxygen atoms in total. The molecule has 0 amide bonds. The molecule has 1 atom stereocenters. The average Bonchev–Trinajstić information content (AvgIpc) is 3.22. The average molecular weight is 629 g/mol. The van der Waals surface area contributed by atoms with Crippen LogP contribution < -0.4 is 29.3 Å². The minimum Gasteiger partial charge on any atom is -0.496 e. The number of esters is 1. The molecule has 2 heterocycles. The molecule has 0 bridgehead atoms. The van der Waals surface area contributed by atoms with Crippen LogP contribution in [0.15, 0.2) is 61.9 Å². The maximum absolute atomic E-state index is 14.1. The lowest BCUT2D eigenvalue weighted by atomic mass is 9.95. The molecule has 3 aromatic rings. The van der Waals surface area contributed by atoms with Gasteiger partial charge in [0.2, 0.25) is 0 Å². The number of hydrogen-bond acceptors (Lipinski definition) is 8. The number of thiazole rings is 1. The van der Waals surface area contributed by atoms with E-state index in [4.69, 9.17) is 14.2 Å². The van der Waals surface area contributed by atoms with E-state index >= 15 is 0 Å². The highest BCUT2D eigenvalue weighted by Crippen LogP contribution is 2.37. The van der Waals surface area contributed by atoms with Crippen LogP contribution in [0.2, 0.25) is 0 Å². The Kier molecular flexibility index (Phi) is 9.20. The first kappa shape index (κ1) is 29.6. The van der Waals surface area contributed by atoms with E-state index in [2.05, 4.69) is 39.7 Å². The summed E-state index contributed by atoms with van der Waals surface area (Å²) in [7, 11) is 3.18. The number of allylic oxidation sites excluding steroid dienone is 1. The second-order valence-electron chi connectivity index (χ2n) is 9.52. The van der Waals surface area contributed by atoms with Crippen molar-refractivity contribution in [2.75, 3.05) is 32.2 Å². The van der Waals surface area contributed by atoms with E-state index in [1.165, 1.54) is 11.3 Å². The number of aromatic nitrogens is 1. The van der Waals surface area contributed by atoms with E-state index in [0.717, 1.165) is 28.8 Å². The third-order valence-electron chi connectivity index (χ3n) is 6.70. The monoisotopic (exact) mass is 627 g/mol. The fraction of sp³-hybridized carbons (Fsp3) is 0.367. The summed E-state index contributed by atoms with van der Waals surface area (Å²) in [5, 5.41) is 0. The van der Waals surface area contributed by atoms with Gasteiger partial charge in [0.1, 0.15) is 17.5 Å². The van der Waals surface area contributed by atoms with E-state index in [1.807, 2.05) is 36.4 Å². The largest absolute Gasteiger partial charge is 0.496 e. The fourth-order valence-corrected chi connectivity index (χ4v) is 6.24. The topological polar surface area (TPSA) is 82.4 Å². The van der Waals surface area contributed by atoms with Gasteiger partial charge in [-0.15, -0.1) is 0 Å². The Morgan fingerprint density at radius 3 is 2.45 bits per heavy atom. The second kappa shape index (κ2) is 12.4. The zero-order chi connectivity index (χ0) is 29.1. The van der Waals surface area contributed by atoms with Crippen LogP contribution in [0, 0.1) is 0 Å². The highest BCUT2D eigenvalue weighted by Gasteiger charge is 2.35. The number of ether oxygens (including phenoxy) is 3. The summed E-state index contributed by atoms with van der Waals surface area (Å²) in [6, 6.07) is 10.7. The summed E-state index contributed by atoms with van der Waals surface area (Å²) in [5.41, 5.74) is 2.99. The van der Waals surface area contributed by atoms with E-state index in [-0.39, 0.29) is 11.7 Å². The Morgan fingerprint density at radius 2 is 1.82 bits per heavy atom. The van der Waals surface area contributed by atoms with Gasteiger partial charge in [-0.25, -0.2) is 9.79 Å². The minimum absolute atomic E-state index is 0.270. The second-order valence-corrected chi connectivity index (χ2v) is 11.4. The summed E-state index contributed by atoms with van der Waals surface area (Å²) in [6.07, 6.45) is 1.48. The highest BCUT2D eigenvalue weighted by molar-refractivity contribution is 9.10. The van der Waals surface area contributed by atoms with Gasteiger partial charge in [-0.05, 0) is 71.0 Å². The lowest BCUT2D eigenvalue weighted by molar-refractivity contribution is -0.143. The van der Waals surface area contributed by atoms with Crippen molar-refractivity contribution < 1.29 is 19.0 Å². The molecule has 10 heteroatoms. The molecule has 0 spiro atoms. The standard InChI is InChI=1S/C30H34BrN3O5S/c1-8-33(9-2)21-12-10-19(24(16-21)38-7)14-25-28(35)34-27(22-15-20(31)11-13-23(22)37-6)26(29(36)39-17(3)4)18(5)32-30(34)40-25/h10-17,27H,8-9H2,1-7H3/b25-14-/t27-/m0/s1. The molecule has 0 radical (unpaired) electrons. The first-order chi connectivity index (χ1) is 19.1. The van der Waals surface area contributed by atoms with Crippen molar-refractivity contribution >= 4 is 45.0 Å². The fourth-order valence-electron chi connectivity index (χ4n) is 4.82. The lowest BCUT2D eigenvalue weighted by Gasteiger charge is -2.26. The van der Waals surface area contributed by atoms with Crippen molar-refractivity contribution in [3.05, 3.63) is 83.0 Å². The van der Waals surface area contributed by atoms with Gasteiger partial charge < -0.3 is 19.1 Å². The van der Waals surface area contributed by atoms with Crippen LogP contribution in [0.5, 0.6) is 11.5 Å². The van der Waals surface area contributed by atoms with Crippen molar-refractivity contribution in [1.29, 1.82) is 0 Å². The minimum atomic E-state index is -0.788. The van der Waals surface area contributed by atoms with Gasteiger partial charge in [0.25, 0.3) is 5.56 Å². The number of benzene rings is 2. The maximum atomic E-state index is 14.1. The van der Waals surface area contributed by atoms with Crippen LogP contribution in [0.25, 0.3) is 6.08 Å². The van der Waals surface area contributed by atoms with E-state index in [9.17, 15) is 9.59 Å². The molecule has 0 N–H and O–H groups in total. The SMILES string of the molecule is CCN(CC)c1ccc(/C=c2\sc3n(c2=O)[C@@H](c2cc(Br)ccc2OC)C(C(=O)OC(C)C)=C(C)N=3)c(OC)c1. The normalized spacial score (nSPS) is 15.1. The molecule has 0 aliphatic carbocycles. The summed E-state index contributed by atoms with van der Waals surface area (Å²) in [6.45, 7) is 11.3. The number of carbonyl (C=O) groups excluding carboxylic acids is 1. The first-order valence-corrected chi connectivity index (χ1v) is 14.7. The number of anilines is 1. The van der Waals surface area contributed by atoms with Gasteiger partial charge >= 0.3 is 5.97 Å². The molecule has 2 aromatic carbocycles. The first-order valence-electron chi connectivity index (χ1n) is 13.1. The third kappa shape index (κ3) is 5.74. The zero-order valence-corrected chi connectivity index (χ0v) is 26.2.